The zero-order valence-electron chi connectivity index (χ0n) is 21.4. The fourth-order valence-corrected chi connectivity index (χ4v) is 4.63. The van der Waals surface area contributed by atoms with Crippen LogP contribution in [-0.4, -0.2) is 38.4 Å². The summed E-state index contributed by atoms with van der Waals surface area (Å²) < 4.78 is 25.4. The molecule has 0 radical (unpaired) electrons. The van der Waals surface area contributed by atoms with Crippen LogP contribution < -0.4 is 18.9 Å². The van der Waals surface area contributed by atoms with Crippen molar-refractivity contribution < 1.29 is 18.9 Å². The van der Waals surface area contributed by atoms with E-state index in [2.05, 4.69) is 45.0 Å². The van der Waals surface area contributed by atoms with E-state index in [-0.39, 0.29) is 0 Å². The maximum Gasteiger partial charge on any atom is 0.161 e. The van der Waals surface area contributed by atoms with Crippen LogP contribution in [0.5, 0.6) is 23.0 Å². The minimum atomic E-state index is 0.298. The highest BCUT2D eigenvalue weighted by Crippen LogP contribution is 2.39. The van der Waals surface area contributed by atoms with Crippen LogP contribution in [0.15, 0.2) is 24.3 Å². The van der Waals surface area contributed by atoms with Crippen LogP contribution in [-0.2, 0) is 19.4 Å². The highest BCUT2D eigenvalue weighted by Gasteiger charge is 2.22. The Bertz CT molecular complexity index is 933. The number of ether oxygens (including phenoxy) is 4. The third-order valence-electron chi connectivity index (χ3n) is 6.44. The van der Waals surface area contributed by atoms with Gasteiger partial charge in [-0.2, -0.15) is 0 Å². The first-order chi connectivity index (χ1) is 16.5. The molecule has 0 saturated heterocycles. The number of halogens is 1. The lowest BCUT2D eigenvalue weighted by atomic mass is 9.86. The van der Waals surface area contributed by atoms with Crippen LogP contribution in [0.2, 0.25) is 0 Å². The molecule has 6 heteroatoms. The predicted octanol–water partition coefficient (Wildman–Crippen LogP) is 6.92. The molecule has 0 bridgehead atoms. The summed E-state index contributed by atoms with van der Waals surface area (Å²) in [5, 5.41) is 0. The van der Waals surface area contributed by atoms with Crippen molar-refractivity contribution >= 4 is 11.8 Å². The molecule has 188 valence electrons. The van der Waals surface area contributed by atoms with Gasteiger partial charge in [-0.05, 0) is 89.9 Å². The van der Waals surface area contributed by atoms with E-state index >= 15 is 0 Å². The number of rotatable bonds is 10. The van der Waals surface area contributed by atoms with Crippen LogP contribution in [0.25, 0.3) is 0 Å². The first-order valence-electron chi connectivity index (χ1n) is 12.6. The molecule has 0 aliphatic carbocycles. The third kappa shape index (κ3) is 6.73. The number of hydrogen-bond donors (Lipinski definition) is 0. The average Bonchev–Trinajstić information content (AvgIpc) is 2.83. The molecule has 1 heterocycles. The number of benzene rings is 2. The predicted molar refractivity (Wildman–Crippen MR) is 139 cm³/mol. The van der Waals surface area contributed by atoms with Crippen molar-refractivity contribution in [3.05, 3.63) is 46.5 Å². The normalized spacial score (nSPS) is 16.4. The summed E-state index contributed by atoms with van der Waals surface area (Å²) in [6, 6.07) is 8.54. The Labute approximate surface area is 210 Å². The molecule has 1 aliphatic rings. The Morgan fingerprint density at radius 2 is 1.38 bits per heavy atom. The van der Waals surface area contributed by atoms with Gasteiger partial charge in [0.05, 0.1) is 27.4 Å². The van der Waals surface area contributed by atoms with Crippen LogP contribution in [0.4, 0.5) is 0 Å². The maximum atomic E-state index is 6.70. The smallest absolute Gasteiger partial charge is 0.161 e. The quantitative estimate of drug-likeness (QED) is 0.267. The van der Waals surface area contributed by atoms with Gasteiger partial charge in [0, 0.05) is 13.1 Å². The zero-order valence-corrected chi connectivity index (χ0v) is 22.2. The van der Waals surface area contributed by atoms with Crippen LogP contribution >= 0.6 is 11.8 Å². The van der Waals surface area contributed by atoms with Crippen molar-refractivity contribution in [2.75, 3.05) is 34.0 Å². The van der Waals surface area contributed by atoms with Gasteiger partial charge in [-0.1, -0.05) is 33.6 Å². The standard InChI is InChI=1S/C28H40ClNO4/c1-6-8-12-33-27-17-23-19-30(29)11-10-21-15-25(31-4)28(34-13-9-7-2)18-24(21)20(3)14-22(23)16-26(27)32-5/h15-18,20H,6-14,19H2,1-5H3/t20-/m0/s1. The SMILES string of the molecule is CCCCOc1cc2c(cc1OC)C[C@H](C)c1cc(OCCCC)c(OC)cc1CCN(Cl)C2. The molecule has 0 spiro atoms. The summed E-state index contributed by atoms with van der Waals surface area (Å²) >= 11 is 6.70. The van der Waals surface area contributed by atoms with E-state index in [0.29, 0.717) is 25.7 Å². The van der Waals surface area contributed by atoms with Gasteiger partial charge in [-0.25, -0.2) is 4.42 Å². The number of methoxy groups -OCH3 is 2. The summed E-state index contributed by atoms with van der Waals surface area (Å²) in [6.45, 7) is 9.37. The number of hydrogen-bond acceptors (Lipinski definition) is 5. The molecule has 1 atom stereocenters. The van der Waals surface area contributed by atoms with E-state index in [1.807, 2.05) is 4.42 Å². The van der Waals surface area contributed by atoms with Crippen molar-refractivity contribution in [2.24, 2.45) is 0 Å². The van der Waals surface area contributed by atoms with Gasteiger partial charge in [0.1, 0.15) is 0 Å². The first-order valence-corrected chi connectivity index (χ1v) is 12.9. The molecule has 0 saturated carbocycles. The van der Waals surface area contributed by atoms with Crippen molar-refractivity contribution in [1.82, 2.24) is 4.42 Å². The number of fused-ring (bicyclic) bond motifs is 2. The Kier molecular flexibility index (Phi) is 10.2. The van der Waals surface area contributed by atoms with E-state index in [1.165, 1.54) is 22.3 Å². The van der Waals surface area contributed by atoms with Gasteiger partial charge in [-0.15, -0.1) is 0 Å². The van der Waals surface area contributed by atoms with Crippen LogP contribution in [0, 0.1) is 0 Å². The Morgan fingerprint density at radius 3 is 1.97 bits per heavy atom. The lowest BCUT2D eigenvalue weighted by molar-refractivity contribution is 0.286. The number of unbranched alkanes of at least 4 members (excludes halogenated alkanes) is 2. The molecular weight excluding hydrogens is 450 g/mol. The zero-order chi connectivity index (χ0) is 24.5. The molecule has 1 aliphatic heterocycles. The summed E-state index contributed by atoms with van der Waals surface area (Å²) in [6.07, 6.45) is 5.95. The fraction of sp³-hybridized carbons (Fsp3) is 0.571. The molecule has 2 aromatic carbocycles. The second kappa shape index (κ2) is 13.1. The second-order valence-corrected chi connectivity index (χ2v) is 9.56. The molecule has 0 unspecified atom stereocenters. The highest BCUT2D eigenvalue weighted by molar-refractivity contribution is 6.13. The minimum absolute atomic E-state index is 0.298. The van der Waals surface area contributed by atoms with Crippen molar-refractivity contribution in [3.8, 4) is 23.0 Å². The van der Waals surface area contributed by atoms with E-state index < -0.39 is 0 Å². The first kappa shape index (κ1) is 26.5. The average molecular weight is 490 g/mol. The molecule has 0 aromatic heterocycles. The topological polar surface area (TPSA) is 40.2 Å². The van der Waals surface area contributed by atoms with E-state index in [9.17, 15) is 0 Å². The van der Waals surface area contributed by atoms with Gasteiger partial charge in [0.25, 0.3) is 0 Å². The Hall–Kier alpha value is -2.11. The molecule has 34 heavy (non-hydrogen) atoms. The molecule has 0 N–H and O–H groups in total. The van der Waals surface area contributed by atoms with Gasteiger partial charge in [0.2, 0.25) is 0 Å². The van der Waals surface area contributed by atoms with E-state index in [4.69, 9.17) is 30.7 Å². The van der Waals surface area contributed by atoms with E-state index in [0.717, 1.165) is 68.1 Å². The summed E-state index contributed by atoms with van der Waals surface area (Å²) in [5.74, 6) is 3.47. The maximum absolute atomic E-state index is 6.70. The van der Waals surface area contributed by atoms with Gasteiger partial charge in [-0.3, -0.25) is 0 Å². The summed E-state index contributed by atoms with van der Waals surface area (Å²) in [7, 11) is 3.40. The lowest BCUT2D eigenvalue weighted by Gasteiger charge is -2.26. The molecule has 0 amide bonds. The van der Waals surface area contributed by atoms with Crippen LogP contribution in [0.3, 0.4) is 0 Å². The Morgan fingerprint density at radius 1 is 0.824 bits per heavy atom. The lowest BCUT2D eigenvalue weighted by Crippen LogP contribution is -2.20. The monoisotopic (exact) mass is 489 g/mol. The Balaban J connectivity index is 1.98. The number of nitrogens with zero attached hydrogens (tertiary/aromatic N) is 1. The van der Waals surface area contributed by atoms with Gasteiger partial charge < -0.3 is 18.9 Å². The summed E-state index contributed by atoms with van der Waals surface area (Å²) in [4.78, 5) is 0. The highest BCUT2D eigenvalue weighted by atomic mass is 35.5. The second-order valence-electron chi connectivity index (χ2n) is 9.08. The van der Waals surface area contributed by atoms with Crippen LogP contribution in [0.1, 0.15) is 74.6 Å². The molecule has 0 fully saturated rings. The molecule has 3 rings (SSSR count). The third-order valence-corrected chi connectivity index (χ3v) is 6.73. The van der Waals surface area contributed by atoms with Crippen molar-refractivity contribution in [1.29, 1.82) is 0 Å². The van der Waals surface area contributed by atoms with Crippen molar-refractivity contribution in [2.45, 2.75) is 71.8 Å². The van der Waals surface area contributed by atoms with Gasteiger partial charge in [0.15, 0.2) is 23.0 Å². The minimum Gasteiger partial charge on any atom is -0.493 e. The van der Waals surface area contributed by atoms with Crippen molar-refractivity contribution in [3.63, 3.8) is 0 Å². The summed E-state index contributed by atoms with van der Waals surface area (Å²) in [5.41, 5.74) is 4.96. The molecule has 5 nitrogen and oxygen atoms in total. The largest absolute Gasteiger partial charge is 0.493 e. The van der Waals surface area contributed by atoms with Gasteiger partial charge >= 0.3 is 0 Å². The fourth-order valence-electron chi connectivity index (χ4n) is 4.42. The van der Waals surface area contributed by atoms with E-state index in [1.54, 1.807) is 14.2 Å². The molecule has 2 aromatic rings. The molecular formula is C28H40ClNO4.